The molecule has 0 radical (unpaired) electrons. The lowest BCUT2D eigenvalue weighted by Gasteiger charge is -2.23. The van der Waals surface area contributed by atoms with Crippen LogP contribution in [0.1, 0.15) is 190 Å². The van der Waals surface area contributed by atoms with Crippen molar-refractivity contribution >= 4 is 11.9 Å². The highest BCUT2D eigenvalue weighted by atomic mass is 16.5. The molecule has 0 saturated heterocycles. The molecule has 2 saturated carbocycles. The van der Waals surface area contributed by atoms with E-state index in [-0.39, 0.29) is 42.1 Å². The summed E-state index contributed by atoms with van der Waals surface area (Å²) in [7, 11) is 0. The molecule has 0 aromatic rings. The van der Waals surface area contributed by atoms with Crippen molar-refractivity contribution in [2.45, 2.75) is 220 Å². The topological polar surface area (TPSA) is 150 Å². The molecule has 2 aliphatic rings. The third kappa shape index (κ3) is 31.2. The van der Waals surface area contributed by atoms with Gasteiger partial charge in [-0.3, -0.25) is 9.59 Å². The second-order valence-corrected chi connectivity index (χ2v) is 18.9. The zero-order chi connectivity index (χ0) is 47.2. The molecule has 0 bridgehead atoms. The van der Waals surface area contributed by atoms with Gasteiger partial charge in [0, 0.05) is 39.3 Å². The Balaban J connectivity index is 0.000000640. The SMILES string of the molecule is CCCCCCCOCCOCC[C@@H]1[C@@H](C/C=C\CCCC(=O)OC(C)C)[C@@H](O)C[C@H]1C.CCCCCCCOCCOCC[C@@H]1[C@@H](C/C=C\CCCC(=O)OC(C)C)[C@@H](O)C[C@H]1O. The summed E-state index contributed by atoms with van der Waals surface area (Å²) in [5.41, 5.74) is 0. The van der Waals surface area contributed by atoms with Crippen LogP contribution in [0.3, 0.4) is 0 Å². The van der Waals surface area contributed by atoms with Crippen LogP contribution in [0.4, 0.5) is 0 Å². The molecule has 2 fully saturated rings. The molecule has 3 N–H and O–H groups in total. The molecule has 11 heteroatoms. The summed E-state index contributed by atoms with van der Waals surface area (Å²) in [6.07, 6.45) is 28.5. The van der Waals surface area contributed by atoms with Gasteiger partial charge in [-0.25, -0.2) is 0 Å². The fourth-order valence-corrected chi connectivity index (χ4v) is 8.99. The smallest absolute Gasteiger partial charge is 0.306 e. The number of carbonyl (C=O) groups excluding carboxylic acids is 2. The molecule has 0 amide bonds. The minimum atomic E-state index is -0.475. The van der Waals surface area contributed by atoms with Crippen LogP contribution < -0.4 is 0 Å². The largest absolute Gasteiger partial charge is 0.463 e. The van der Waals surface area contributed by atoms with Crippen LogP contribution in [0, 0.1) is 29.6 Å². The number of hydrogen-bond acceptors (Lipinski definition) is 11. The first-order valence-corrected chi connectivity index (χ1v) is 25.9. The first-order valence-electron chi connectivity index (χ1n) is 25.9. The third-order valence-electron chi connectivity index (χ3n) is 12.5. The number of unbranched alkanes of at least 4 members (excludes halogenated alkanes) is 10. The van der Waals surface area contributed by atoms with E-state index >= 15 is 0 Å². The molecule has 376 valence electrons. The molecule has 11 nitrogen and oxygen atoms in total. The molecular formula is C53H98O11. The van der Waals surface area contributed by atoms with Crippen molar-refractivity contribution in [1.29, 1.82) is 0 Å². The van der Waals surface area contributed by atoms with Gasteiger partial charge in [0.05, 0.1) is 56.9 Å². The Morgan fingerprint density at radius 3 is 1.33 bits per heavy atom. The van der Waals surface area contributed by atoms with E-state index in [0.717, 1.165) is 90.4 Å². The van der Waals surface area contributed by atoms with Crippen molar-refractivity contribution in [3.8, 4) is 0 Å². The Labute approximate surface area is 391 Å². The normalized spacial score (nSPS) is 23.4. The van der Waals surface area contributed by atoms with Crippen LogP contribution >= 0.6 is 0 Å². The Kier molecular flexibility index (Phi) is 37.8. The van der Waals surface area contributed by atoms with Crippen molar-refractivity contribution in [3.05, 3.63) is 24.3 Å². The lowest BCUT2D eigenvalue weighted by molar-refractivity contribution is -0.148. The van der Waals surface area contributed by atoms with E-state index in [0.29, 0.717) is 70.1 Å². The van der Waals surface area contributed by atoms with Crippen LogP contribution in [-0.2, 0) is 38.0 Å². The van der Waals surface area contributed by atoms with E-state index in [9.17, 15) is 24.9 Å². The number of rotatable bonds is 38. The molecule has 0 unspecified atom stereocenters. The summed E-state index contributed by atoms with van der Waals surface area (Å²) in [5.74, 6) is 1.15. The maximum Gasteiger partial charge on any atom is 0.306 e. The Hall–Kier alpha value is -1.86. The monoisotopic (exact) mass is 911 g/mol. The van der Waals surface area contributed by atoms with E-state index in [1.807, 2.05) is 27.7 Å². The molecular weight excluding hydrogens is 813 g/mol. The molecule has 0 spiro atoms. The summed E-state index contributed by atoms with van der Waals surface area (Å²) in [4.78, 5) is 23.1. The second-order valence-electron chi connectivity index (χ2n) is 18.9. The van der Waals surface area contributed by atoms with E-state index in [1.54, 1.807) is 0 Å². The summed E-state index contributed by atoms with van der Waals surface area (Å²) < 4.78 is 33.1. The van der Waals surface area contributed by atoms with Crippen LogP contribution in [0.2, 0.25) is 0 Å². The van der Waals surface area contributed by atoms with Gasteiger partial charge < -0.3 is 43.7 Å². The predicted octanol–water partition coefficient (Wildman–Crippen LogP) is 10.9. The van der Waals surface area contributed by atoms with E-state index < -0.39 is 12.2 Å². The molecule has 0 aromatic heterocycles. The highest BCUT2D eigenvalue weighted by Gasteiger charge is 2.41. The molecule has 8 atom stereocenters. The molecule has 0 aliphatic heterocycles. The van der Waals surface area contributed by atoms with E-state index in [2.05, 4.69) is 45.1 Å². The summed E-state index contributed by atoms with van der Waals surface area (Å²) in [6.45, 7) is 19.6. The number of aliphatic hydroxyl groups is 3. The van der Waals surface area contributed by atoms with Crippen LogP contribution in [0.25, 0.3) is 0 Å². The number of carbonyl (C=O) groups is 2. The number of esters is 2. The van der Waals surface area contributed by atoms with Gasteiger partial charge in [-0.15, -0.1) is 0 Å². The van der Waals surface area contributed by atoms with Gasteiger partial charge in [-0.05, 0) is 134 Å². The van der Waals surface area contributed by atoms with Gasteiger partial charge in [0.1, 0.15) is 0 Å². The van der Waals surface area contributed by atoms with Crippen LogP contribution in [0.5, 0.6) is 0 Å². The summed E-state index contributed by atoms with van der Waals surface area (Å²) in [5, 5.41) is 31.2. The molecule has 2 aliphatic carbocycles. The lowest BCUT2D eigenvalue weighted by Crippen LogP contribution is -2.23. The number of aliphatic hydroxyl groups excluding tert-OH is 3. The maximum absolute atomic E-state index is 11.6. The first-order chi connectivity index (χ1) is 30.9. The number of ether oxygens (including phenoxy) is 6. The van der Waals surface area contributed by atoms with Gasteiger partial charge in [-0.2, -0.15) is 0 Å². The number of hydrogen-bond donors (Lipinski definition) is 3. The molecule has 0 aromatic carbocycles. The zero-order valence-electron chi connectivity index (χ0n) is 41.9. The Morgan fingerprint density at radius 1 is 0.484 bits per heavy atom. The first kappa shape index (κ1) is 60.2. The highest BCUT2D eigenvalue weighted by Crippen LogP contribution is 2.41. The van der Waals surface area contributed by atoms with Crippen LogP contribution in [-0.4, -0.2) is 111 Å². The van der Waals surface area contributed by atoms with Crippen LogP contribution in [0.15, 0.2) is 24.3 Å². The lowest BCUT2D eigenvalue weighted by atomic mass is 9.85. The van der Waals surface area contributed by atoms with Crippen molar-refractivity contribution in [1.82, 2.24) is 0 Å². The fraction of sp³-hybridized carbons (Fsp3) is 0.887. The number of allylic oxidation sites excluding steroid dienone is 4. The third-order valence-corrected chi connectivity index (χ3v) is 12.5. The van der Waals surface area contributed by atoms with Crippen molar-refractivity contribution in [3.63, 3.8) is 0 Å². The Morgan fingerprint density at radius 2 is 0.875 bits per heavy atom. The van der Waals surface area contributed by atoms with Crippen molar-refractivity contribution in [2.24, 2.45) is 29.6 Å². The average Bonchev–Trinajstić information content (AvgIpc) is 3.67. The second kappa shape index (κ2) is 40.2. The summed E-state index contributed by atoms with van der Waals surface area (Å²) >= 11 is 0. The quantitative estimate of drug-likeness (QED) is 0.0309. The van der Waals surface area contributed by atoms with Crippen molar-refractivity contribution in [2.75, 3.05) is 52.9 Å². The van der Waals surface area contributed by atoms with Crippen molar-refractivity contribution < 1.29 is 53.3 Å². The van der Waals surface area contributed by atoms with Gasteiger partial charge in [0.2, 0.25) is 0 Å². The fourth-order valence-electron chi connectivity index (χ4n) is 8.99. The van der Waals surface area contributed by atoms with Gasteiger partial charge >= 0.3 is 11.9 Å². The molecule has 2 rings (SSSR count). The van der Waals surface area contributed by atoms with Gasteiger partial charge in [0.15, 0.2) is 0 Å². The highest BCUT2D eigenvalue weighted by molar-refractivity contribution is 5.69. The molecule has 0 heterocycles. The maximum atomic E-state index is 11.6. The van der Waals surface area contributed by atoms with Gasteiger partial charge in [0.25, 0.3) is 0 Å². The molecule has 64 heavy (non-hydrogen) atoms. The van der Waals surface area contributed by atoms with E-state index in [1.165, 1.54) is 51.4 Å². The van der Waals surface area contributed by atoms with E-state index in [4.69, 9.17) is 28.4 Å². The average molecular weight is 911 g/mol. The minimum absolute atomic E-state index is 0.0438. The summed E-state index contributed by atoms with van der Waals surface area (Å²) in [6, 6.07) is 0. The Bertz CT molecular complexity index is 1070. The zero-order valence-corrected chi connectivity index (χ0v) is 41.9. The standard InChI is InChI=1S/C27H50O5.C26H48O6/c1-5-6-7-10-13-17-30-19-20-31-18-16-24-23(4)21-26(28)25(24)14-11-8-9-12-15-27(29)32-22(2)3;1-4-5-6-9-12-16-30-18-19-31-17-15-23-22(24(27)20-25(23)28)13-10-7-8-11-14-26(29)32-21(2)3/h8,11,22-26,28H,5-7,9-10,12-21H2,1-4H3;7,10,21-25,27-28H,4-6,8-9,11-20H2,1-3H3/b11-8-;10-7-/t23-,24+,25-,26+;22-,23-,24+,25-/m11/s1. The minimum Gasteiger partial charge on any atom is -0.463 e. The predicted molar refractivity (Wildman–Crippen MR) is 258 cm³/mol. The van der Waals surface area contributed by atoms with Gasteiger partial charge in [-0.1, -0.05) is 96.4 Å².